The van der Waals surface area contributed by atoms with Crippen LogP contribution in [-0.2, 0) is 16.4 Å². The van der Waals surface area contributed by atoms with Gasteiger partial charge in [0.25, 0.3) is 0 Å². The molecule has 0 fully saturated rings. The predicted molar refractivity (Wildman–Crippen MR) is 84.8 cm³/mol. The predicted octanol–water partition coefficient (Wildman–Crippen LogP) is 2.36. The molecule has 2 aromatic rings. The Kier molecular flexibility index (Phi) is 5.57. The van der Waals surface area contributed by atoms with Gasteiger partial charge in [0.2, 0.25) is 10.0 Å². The topological polar surface area (TPSA) is 64.6 Å². The van der Waals surface area contributed by atoms with Crippen LogP contribution >= 0.6 is 0 Å². The minimum Gasteiger partial charge on any atom is -0.497 e. The second-order valence-corrected chi connectivity index (χ2v) is 6.53. The van der Waals surface area contributed by atoms with Crippen LogP contribution < -0.4 is 14.2 Å². The van der Waals surface area contributed by atoms with Gasteiger partial charge in [-0.05, 0) is 36.2 Å². The molecule has 0 spiro atoms. The average Bonchev–Trinajstić information content (AvgIpc) is 2.56. The van der Waals surface area contributed by atoms with E-state index in [2.05, 4.69) is 4.72 Å². The Balaban J connectivity index is 2.10. The van der Waals surface area contributed by atoms with Crippen LogP contribution in [0.1, 0.15) is 5.56 Å². The normalized spacial score (nSPS) is 11.3. The van der Waals surface area contributed by atoms with E-state index >= 15 is 0 Å². The number of ether oxygens (including phenoxy) is 2. The summed E-state index contributed by atoms with van der Waals surface area (Å²) in [7, 11) is -0.882. The molecule has 124 valence electrons. The van der Waals surface area contributed by atoms with Crippen LogP contribution in [0.15, 0.2) is 47.4 Å². The van der Waals surface area contributed by atoms with Crippen LogP contribution in [0.2, 0.25) is 0 Å². The van der Waals surface area contributed by atoms with E-state index in [1.54, 1.807) is 18.2 Å². The lowest BCUT2D eigenvalue weighted by molar-refractivity contribution is 0.392. The minimum atomic E-state index is -3.74. The van der Waals surface area contributed by atoms with E-state index in [4.69, 9.17) is 9.47 Å². The Morgan fingerprint density at radius 3 is 2.35 bits per heavy atom. The van der Waals surface area contributed by atoms with Gasteiger partial charge in [-0.25, -0.2) is 17.5 Å². The van der Waals surface area contributed by atoms with Crippen molar-refractivity contribution in [2.24, 2.45) is 0 Å². The Morgan fingerprint density at radius 2 is 1.74 bits per heavy atom. The first kappa shape index (κ1) is 17.2. The monoisotopic (exact) mass is 339 g/mol. The fourth-order valence-corrected chi connectivity index (χ4v) is 3.27. The molecular formula is C16H18FNO4S. The van der Waals surface area contributed by atoms with Gasteiger partial charge >= 0.3 is 0 Å². The van der Waals surface area contributed by atoms with E-state index in [9.17, 15) is 12.8 Å². The zero-order valence-electron chi connectivity index (χ0n) is 12.9. The van der Waals surface area contributed by atoms with Crippen LogP contribution in [0, 0.1) is 5.82 Å². The molecule has 0 saturated carbocycles. The fraction of sp³-hybridized carbons (Fsp3) is 0.250. The zero-order chi connectivity index (χ0) is 16.9. The third kappa shape index (κ3) is 4.43. The summed E-state index contributed by atoms with van der Waals surface area (Å²) in [6.07, 6.45) is 0.450. The van der Waals surface area contributed by atoms with Crippen molar-refractivity contribution in [3.63, 3.8) is 0 Å². The van der Waals surface area contributed by atoms with E-state index in [0.29, 0.717) is 12.2 Å². The molecule has 0 saturated heterocycles. The molecule has 1 N–H and O–H groups in total. The first-order valence-corrected chi connectivity index (χ1v) is 8.40. The number of sulfonamides is 1. The number of rotatable bonds is 7. The minimum absolute atomic E-state index is 0.0125. The smallest absolute Gasteiger partial charge is 0.244 e. The third-order valence-electron chi connectivity index (χ3n) is 3.28. The molecule has 7 heteroatoms. The summed E-state index contributed by atoms with van der Waals surface area (Å²) >= 11 is 0. The van der Waals surface area contributed by atoms with Crippen LogP contribution in [0.25, 0.3) is 0 Å². The largest absolute Gasteiger partial charge is 0.497 e. The molecule has 0 aliphatic heterocycles. The van der Waals surface area contributed by atoms with Crippen molar-refractivity contribution >= 4 is 10.0 Å². The molecule has 5 nitrogen and oxygen atoms in total. The summed E-state index contributed by atoms with van der Waals surface area (Å²) in [6.45, 7) is 0.189. The van der Waals surface area contributed by atoms with Crippen molar-refractivity contribution in [1.82, 2.24) is 4.72 Å². The van der Waals surface area contributed by atoms with Gasteiger partial charge in [0.05, 0.1) is 14.2 Å². The molecule has 0 unspecified atom stereocenters. The van der Waals surface area contributed by atoms with Gasteiger partial charge in [-0.15, -0.1) is 0 Å². The van der Waals surface area contributed by atoms with Crippen molar-refractivity contribution in [1.29, 1.82) is 0 Å². The highest BCUT2D eigenvalue weighted by Crippen LogP contribution is 2.27. The molecule has 0 atom stereocenters. The lowest BCUT2D eigenvalue weighted by atomic mass is 10.1. The maximum Gasteiger partial charge on any atom is 0.244 e. The van der Waals surface area contributed by atoms with E-state index in [0.717, 1.165) is 5.56 Å². The SMILES string of the molecule is COc1ccc(OC)c(S(=O)(=O)NCCc2ccc(F)cc2)c1. The molecule has 0 aliphatic rings. The molecule has 2 aromatic carbocycles. The van der Waals surface area contributed by atoms with Gasteiger partial charge in [0, 0.05) is 12.6 Å². The number of benzene rings is 2. The van der Waals surface area contributed by atoms with Crippen molar-refractivity contribution in [2.75, 3.05) is 20.8 Å². The number of halogens is 1. The average molecular weight is 339 g/mol. The molecular weight excluding hydrogens is 321 g/mol. The molecule has 0 aliphatic carbocycles. The zero-order valence-corrected chi connectivity index (χ0v) is 13.7. The summed E-state index contributed by atoms with van der Waals surface area (Å²) in [5, 5.41) is 0. The first-order chi connectivity index (χ1) is 11.0. The first-order valence-electron chi connectivity index (χ1n) is 6.92. The van der Waals surface area contributed by atoms with Gasteiger partial charge in [0.1, 0.15) is 22.2 Å². The summed E-state index contributed by atoms with van der Waals surface area (Å²) in [5.41, 5.74) is 0.840. The summed E-state index contributed by atoms with van der Waals surface area (Å²) in [5.74, 6) is 0.334. The quantitative estimate of drug-likeness (QED) is 0.841. The lowest BCUT2D eigenvalue weighted by Crippen LogP contribution is -2.26. The van der Waals surface area contributed by atoms with Gasteiger partial charge in [-0.3, -0.25) is 0 Å². The standard InChI is InChI=1S/C16H18FNO4S/c1-21-14-7-8-15(22-2)16(11-14)23(19,20)18-10-9-12-3-5-13(17)6-4-12/h3-8,11,18H,9-10H2,1-2H3. The van der Waals surface area contributed by atoms with Crippen LogP contribution in [0.5, 0.6) is 11.5 Å². The van der Waals surface area contributed by atoms with Crippen molar-refractivity contribution in [2.45, 2.75) is 11.3 Å². The molecule has 0 aromatic heterocycles. The Hall–Kier alpha value is -2.12. The Bertz CT molecular complexity index is 760. The summed E-state index contributed by atoms with van der Waals surface area (Å²) in [6, 6.07) is 10.5. The number of hydrogen-bond donors (Lipinski definition) is 1. The van der Waals surface area contributed by atoms with Gasteiger partial charge in [-0.2, -0.15) is 0 Å². The maximum atomic E-state index is 12.8. The van der Waals surface area contributed by atoms with Gasteiger partial charge in [0.15, 0.2) is 0 Å². The highest BCUT2D eigenvalue weighted by atomic mass is 32.2. The third-order valence-corrected chi connectivity index (χ3v) is 4.76. The van der Waals surface area contributed by atoms with Crippen LogP contribution in [0.3, 0.4) is 0 Å². The van der Waals surface area contributed by atoms with Crippen molar-refractivity contribution in [3.05, 3.63) is 53.8 Å². The highest BCUT2D eigenvalue weighted by Gasteiger charge is 2.20. The molecule has 0 amide bonds. The van der Waals surface area contributed by atoms with Gasteiger partial charge < -0.3 is 9.47 Å². The lowest BCUT2D eigenvalue weighted by Gasteiger charge is -2.12. The summed E-state index contributed by atoms with van der Waals surface area (Å²) in [4.78, 5) is 0.0125. The second-order valence-electron chi connectivity index (χ2n) is 4.79. The Morgan fingerprint density at radius 1 is 1.04 bits per heavy atom. The van der Waals surface area contributed by atoms with Crippen molar-refractivity contribution in [3.8, 4) is 11.5 Å². The molecule has 23 heavy (non-hydrogen) atoms. The second kappa shape index (κ2) is 7.43. The van der Waals surface area contributed by atoms with E-state index in [-0.39, 0.29) is 23.0 Å². The highest BCUT2D eigenvalue weighted by molar-refractivity contribution is 7.89. The summed E-state index contributed by atoms with van der Waals surface area (Å²) < 4.78 is 50.3. The van der Waals surface area contributed by atoms with Crippen LogP contribution in [-0.4, -0.2) is 29.2 Å². The van der Waals surface area contributed by atoms with E-state index < -0.39 is 10.0 Å². The maximum absolute atomic E-state index is 12.8. The molecule has 0 bridgehead atoms. The number of methoxy groups -OCH3 is 2. The van der Waals surface area contributed by atoms with Gasteiger partial charge in [-0.1, -0.05) is 12.1 Å². The molecule has 2 rings (SSSR count). The van der Waals surface area contributed by atoms with E-state index in [1.165, 1.54) is 38.5 Å². The molecule has 0 radical (unpaired) electrons. The number of nitrogens with one attached hydrogen (secondary N) is 1. The molecule has 0 heterocycles. The fourth-order valence-electron chi connectivity index (χ4n) is 2.05. The van der Waals surface area contributed by atoms with E-state index in [1.807, 2.05) is 0 Å². The Labute approximate surface area is 135 Å². The van der Waals surface area contributed by atoms with Crippen LogP contribution in [0.4, 0.5) is 4.39 Å². The number of hydrogen-bond acceptors (Lipinski definition) is 4. The van der Waals surface area contributed by atoms with Crippen molar-refractivity contribution < 1.29 is 22.3 Å².